The van der Waals surface area contributed by atoms with Gasteiger partial charge in [0.05, 0.1) is 36.5 Å². The minimum Gasteiger partial charge on any atom is -0.484 e. The molecule has 2 aromatic carbocycles. The summed E-state index contributed by atoms with van der Waals surface area (Å²) in [5.74, 6) is 1.26. The Morgan fingerprint density at radius 3 is 2.90 bits per heavy atom. The van der Waals surface area contributed by atoms with Crippen LogP contribution >= 0.6 is 0 Å². The van der Waals surface area contributed by atoms with Crippen LogP contribution in [-0.2, 0) is 7.05 Å². The normalized spacial score (nSPS) is 20.8. The Kier molecular flexibility index (Phi) is 3.87. The van der Waals surface area contributed by atoms with Gasteiger partial charge in [-0.15, -0.1) is 0 Å². The number of benzene rings is 2. The summed E-state index contributed by atoms with van der Waals surface area (Å²) < 4.78 is 13.2. The highest BCUT2D eigenvalue weighted by Gasteiger charge is 2.47. The van der Waals surface area contributed by atoms with E-state index in [2.05, 4.69) is 5.10 Å². The quantitative estimate of drug-likeness (QED) is 0.672. The topological polar surface area (TPSA) is 73.7 Å². The average Bonchev–Trinajstić information content (AvgIpc) is 3.26. The van der Waals surface area contributed by atoms with Crippen LogP contribution in [0.4, 0.5) is 0 Å². The van der Waals surface area contributed by atoms with E-state index in [-0.39, 0.29) is 11.7 Å². The van der Waals surface area contributed by atoms with E-state index in [1.54, 1.807) is 41.9 Å². The minimum atomic E-state index is -0.639. The number of rotatable bonds is 2. The van der Waals surface area contributed by atoms with Gasteiger partial charge in [-0.1, -0.05) is 12.1 Å². The number of carbonyl (C=O) groups is 2. The third kappa shape index (κ3) is 2.76. The zero-order valence-electron chi connectivity index (χ0n) is 16.3. The molecule has 3 heterocycles. The van der Waals surface area contributed by atoms with Crippen molar-refractivity contribution in [2.75, 3.05) is 20.2 Å². The second kappa shape index (κ2) is 6.34. The SMILES string of the molecule is COc1c2ccc(C(=O)N3CCC4(CC(=O)c5ccccc5O4)C3)cc2nn1C. The van der Waals surface area contributed by atoms with E-state index in [4.69, 9.17) is 9.47 Å². The molecule has 0 N–H and O–H groups in total. The predicted octanol–water partition coefficient (Wildman–Crippen LogP) is 2.83. The van der Waals surface area contributed by atoms with Crippen LogP contribution in [0.1, 0.15) is 33.6 Å². The zero-order valence-corrected chi connectivity index (χ0v) is 16.3. The summed E-state index contributed by atoms with van der Waals surface area (Å²) in [7, 11) is 3.41. The standard InChI is InChI=1S/C22H21N3O4/c1-24-21(28-2)15-8-7-14(11-17(15)23-24)20(27)25-10-9-22(13-25)12-18(26)16-5-3-4-6-19(16)29-22/h3-8,11H,9-10,12-13H2,1-2H3. The van der Waals surface area contributed by atoms with E-state index in [1.165, 1.54) is 0 Å². The van der Waals surface area contributed by atoms with Crippen molar-refractivity contribution in [2.24, 2.45) is 7.05 Å². The number of ketones is 1. The minimum absolute atomic E-state index is 0.0724. The van der Waals surface area contributed by atoms with Crippen LogP contribution in [0, 0.1) is 0 Å². The third-order valence-electron chi connectivity index (χ3n) is 5.82. The molecule has 1 aromatic heterocycles. The first-order valence-corrected chi connectivity index (χ1v) is 9.61. The monoisotopic (exact) mass is 391 g/mol. The maximum absolute atomic E-state index is 13.1. The number of carbonyl (C=O) groups excluding carboxylic acids is 2. The molecule has 0 bridgehead atoms. The fraction of sp³-hybridized carbons (Fsp3) is 0.318. The summed E-state index contributed by atoms with van der Waals surface area (Å²) in [5.41, 5.74) is 1.26. The molecule has 148 valence electrons. The van der Waals surface area contributed by atoms with Crippen molar-refractivity contribution in [2.45, 2.75) is 18.4 Å². The average molecular weight is 391 g/mol. The Balaban J connectivity index is 1.40. The van der Waals surface area contributed by atoms with Crippen LogP contribution in [0.25, 0.3) is 10.9 Å². The van der Waals surface area contributed by atoms with Gasteiger partial charge in [0.15, 0.2) is 5.78 Å². The zero-order chi connectivity index (χ0) is 20.2. The lowest BCUT2D eigenvalue weighted by Gasteiger charge is -2.34. The molecule has 1 atom stereocenters. The molecule has 5 rings (SSSR count). The summed E-state index contributed by atoms with van der Waals surface area (Å²) in [6.45, 7) is 0.952. The van der Waals surface area contributed by atoms with E-state index < -0.39 is 5.60 Å². The van der Waals surface area contributed by atoms with E-state index in [0.29, 0.717) is 54.2 Å². The van der Waals surface area contributed by atoms with Crippen molar-refractivity contribution in [1.29, 1.82) is 0 Å². The summed E-state index contributed by atoms with van der Waals surface area (Å²) in [5, 5.41) is 5.29. The van der Waals surface area contributed by atoms with Crippen LogP contribution in [-0.4, -0.2) is 52.2 Å². The largest absolute Gasteiger partial charge is 0.484 e. The molecule has 1 saturated heterocycles. The van der Waals surface area contributed by atoms with E-state index in [1.807, 2.05) is 24.3 Å². The molecular formula is C22H21N3O4. The van der Waals surface area contributed by atoms with Crippen LogP contribution in [0.15, 0.2) is 42.5 Å². The number of methoxy groups -OCH3 is 1. The molecule has 3 aromatic rings. The maximum Gasteiger partial charge on any atom is 0.254 e. The fourth-order valence-corrected chi connectivity index (χ4v) is 4.42. The molecule has 2 aliphatic heterocycles. The molecule has 1 spiro atoms. The Bertz CT molecular complexity index is 1150. The first kappa shape index (κ1) is 17.7. The van der Waals surface area contributed by atoms with Gasteiger partial charge in [-0.3, -0.25) is 9.59 Å². The molecule has 1 fully saturated rings. The number of para-hydroxylation sites is 1. The smallest absolute Gasteiger partial charge is 0.254 e. The number of hydrogen-bond acceptors (Lipinski definition) is 5. The van der Waals surface area contributed by atoms with Gasteiger partial charge in [0, 0.05) is 25.6 Å². The molecule has 1 amide bonds. The Hall–Kier alpha value is -3.35. The summed E-state index contributed by atoms with van der Waals surface area (Å²) in [4.78, 5) is 27.5. The number of aromatic nitrogens is 2. The Morgan fingerprint density at radius 1 is 1.24 bits per heavy atom. The van der Waals surface area contributed by atoms with Crippen molar-refractivity contribution in [3.63, 3.8) is 0 Å². The first-order chi connectivity index (χ1) is 14.0. The van der Waals surface area contributed by atoms with Crippen molar-refractivity contribution in [1.82, 2.24) is 14.7 Å². The van der Waals surface area contributed by atoms with Crippen molar-refractivity contribution in [3.8, 4) is 11.6 Å². The van der Waals surface area contributed by atoms with E-state index >= 15 is 0 Å². The first-order valence-electron chi connectivity index (χ1n) is 9.61. The van der Waals surface area contributed by atoms with Gasteiger partial charge >= 0.3 is 0 Å². The van der Waals surface area contributed by atoms with Crippen molar-refractivity contribution >= 4 is 22.6 Å². The van der Waals surface area contributed by atoms with Gasteiger partial charge in [0.25, 0.3) is 5.91 Å². The molecule has 29 heavy (non-hydrogen) atoms. The molecule has 0 saturated carbocycles. The number of amides is 1. The number of Topliss-reactive ketones (excluding diaryl/α,β-unsaturated/α-hetero) is 1. The van der Waals surface area contributed by atoms with Gasteiger partial charge < -0.3 is 14.4 Å². The molecule has 1 unspecified atom stereocenters. The molecule has 2 aliphatic rings. The molecular weight excluding hydrogens is 370 g/mol. The van der Waals surface area contributed by atoms with Gasteiger partial charge in [-0.2, -0.15) is 5.10 Å². The van der Waals surface area contributed by atoms with Crippen LogP contribution in [0.2, 0.25) is 0 Å². The molecule has 0 aliphatic carbocycles. The Labute approximate surface area is 167 Å². The molecule has 7 nitrogen and oxygen atoms in total. The van der Waals surface area contributed by atoms with Gasteiger partial charge in [-0.05, 0) is 30.3 Å². The molecule has 0 radical (unpaired) electrons. The summed E-state index contributed by atoms with van der Waals surface area (Å²) in [6, 6.07) is 12.7. The lowest BCUT2D eigenvalue weighted by atomic mass is 9.89. The molecule has 7 heteroatoms. The number of hydrogen-bond donors (Lipinski definition) is 0. The van der Waals surface area contributed by atoms with Crippen LogP contribution in [0.5, 0.6) is 11.6 Å². The highest BCUT2D eigenvalue weighted by atomic mass is 16.5. The summed E-state index contributed by atoms with van der Waals surface area (Å²) in [6.07, 6.45) is 0.933. The van der Waals surface area contributed by atoms with E-state index in [9.17, 15) is 9.59 Å². The second-order valence-electron chi connectivity index (χ2n) is 7.72. The van der Waals surface area contributed by atoms with E-state index in [0.717, 1.165) is 5.39 Å². The second-order valence-corrected chi connectivity index (χ2v) is 7.72. The number of ether oxygens (including phenoxy) is 2. The van der Waals surface area contributed by atoms with Crippen molar-refractivity contribution in [3.05, 3.63) is 53.6 Å². The number of likely N-dealkylation sites (tertiary alicyclic amines) is 1. The van der Waals surface area contributed by atoms with Crippen molar-refractivity contribution < 1.29 is 19.1 Å². The Morgan fingerprint density at radius 2 is 2.07 bits per heavy atom. The number of aryl methyl sites for hydroxylation is 1. The number of fused-ring (bicyclic) bond motifs is 2. The van der Waals surface area contributed by atoms with Gasteiger partial charge in [0.1, 0.15) is 11.4 Å². The highest BCUT2D eigenvalue weighted by Crippen LogP contribution is 2.39. The third-order valence-corrected chi connectivity index (χ3v) is 5.82. The lowest BCUT2D eigenvalue weighted by Crippen LogP contribution is -2.45. The van der Waals surface area contributed by atoms with Crippen LogP contribution in [0.3, 0.4) is 0 Å². The van der Waals surface area contributed by atoms with Crippen LogP contribution < -0.4 is 9.47 Å². The highest BCUT2D eigenvalue weighted by molar-refractivity contribution is 6.01. The van der Waals surface area contributed by atoms with Gasteiger partial charge in [0.2, 0.25) is 5.88 Å². The summed E-state index contributed by atoms with van der Waals surface area (Å²) >= 11 is 0. The predicted molar refractivity (Wildman–Crippen MR) is 107 cm³/mol. The van der Waals surface area contributed by atoms with Gasteiger partial charge in [-0.25, -0.2) is 4.68 Å². The fourth-order valence-electron chi connectivity index (χ4n) is 4.42. The number of nitrogens with zero attached hydrogens (tertiary/aromatic N) is 3. The maximum atomic E-state index is 13.1. The lowest BCUT2D eigenvalue weighted by molar-refractivity contribution is 0.0428.